The van der Waals surface area contributed by atoms with Crippen LogP contribution >= 0.6 is 0 Å². The number of likely N-dealkylation sites (tertiary alicyclic amines) is 1. The lowest BCUT2D eigenvalue weighted by atomic mass is 9.74. The topological polar surface area (TPSA) is 95.5 Å². The first-order valence-corrected chi connectivity index (χ1v) is 12.8. The Morgan fingerprint density at radius 1 is 1.00 bits per heavy atom. The number of amides is 3. The average molecular weight is 475 g/mol. The summed E-state index contributed by atoms with van der Waals surface area (Å²) in [6.07, 6.45) is 10.5. The molecule has 2 atom stereocenters. The number of hydroxylamine groups is 1. The molecule has 8 heteroatoms. The molecule has 0 aromatic heterocycles. The standard InChI is InChI=1S/C26H36FN3O4/c27-20-10-12-21(13-11-20)28-24(32)18-30(22-8-2-1-3-9-22)15-14-26(25(30)33,17-23(31)29-34)16-19-6-4-5-7-19/h10-13,19,22H,1-9,14-18H2,(H2-,28,29,31,32,34)/p+1. The lowest BCUT2D eigenvalue weighted by molar-refractivity contribution is -0.866. The minimum atomic E-state index is -0.852. The highest BCUT2D eigenvalue weighted by molar-refractivity contribution is 5.94. The Labute approximate surface area is 200 Å². The fraction of sp³-hybridized carbons (Fsp3) is 0.654. The molecule has 1 aromatic rings. The molecule has 1 aromatic carbocycles. The van der Waals surface area contributed by atoms with E-state index in [2.05, 4.69) is 5.32 Å². The van der Waals surface area contributed by atoms with Crippen molar-refractivity contribution < 1.29 is 28.5 Å². The second-order valence-electron chi connectivity index (χ2n) is 10.7. The zero-order chi connectivity index (χ0) is 24.2. The van der Waals surface area contributed by atoms with Crippen LogP contribution in [0.5, 0.6) is 0 Å². The van der Waals surface area contributed by atoms with Crippen LogP contribution in [0, 0.1) is 17.2 Å². The molecule has 4 rings (SSSR count). The first kappa shape index (κ1) is 24.8. The number of hydrogen-bond donors (Lipinski definition) is 3. The number of anilines is 1. The van der Waals surface area contributed by atoms with Crippen LogP contribution in [0.1, 0.15) is 77.0 Å². The molecule has 7 nitrogen and oxygen atoms in total. The summed E-state index contributed by atoms with van der Waals surface area (Å²) < 4.78 is 13.4. The normalized spacial score (nSPS) is 28.2. The van der Waals surface area contributed by atoms with Gasteiger partial charge in [-0.3, -0.25) is 14.8 Å². The Kier molecular flexibility index (Phi) is 7.67. The Morgan fingerprint density at radius 2 is 1.65 bits per heavy atom. The minimum absolute atomic E-state index is 0.0100. The van der Waals surface area contributed by atoms with Gasteiger partial charge < -0.3 is 5.32 Å². The van der Waals surface area contributed by atoms with E-state index in [1.54, 1.807) is 5.48 Å². The van der Waals surface area contributed by atoms with E-state index in [0.717, 1.165) is 57.8 Å². The van der Waals surface area contributed by atoms with E-state index in [9.17, 15) is 24.0 Å². The van der Waals surface area contributed by atoms with Crippen molar-refractivity contribution in [2.45, 2.75) is 83.1 Å². The van der Waals surface area contributed by atoms with Crippen molar-refractivity contribution in [1.29, 1.82) is 0 Å². The smallest absolute Gasteiger partial charge is 0.321 e. The molecule has 1 heterocycles. The third-order valence-corrected chi connectivity index (χ3v) is 8.45. The molecule has 0 spiro atoms. The second kappa shape index (κ2) is 10.5. The molecule has 3 aliphatic rings. The van der Waals surface area contributed by atoms with E-state index >= 15 is 0 Å². The van der Waals surface area contributed by atoms with Crippen LogP contribution in [0.25, 0.3) is 0 Å². The van der Waals surface area contributed by atoms with E-state index in [1.807, 2.05) is 0 Å². The van der Waals surface area contributed by atoms with Crippen molar-refractivity contribution in [1.82, 2.24) is 5.48 Å². The minimum Gasteiger partial charge on any atom is -0.321 e. The number of carbonyl (C=O) groups is 3. The summed E-state index contributed by atoms with van der Waals surface area (Å²) in [6, 6.07) is 5.67. The van der Waals surface area contributed by atoms with Gasteiger partial charge in [-0.05, 0) is 62.3 Å². The van der Waals surface area contributed by atoms with E-state index in [4.69, 9.17) is 0 Å². The first-order chi connectivity index (χ1) is 16.4. The van der Waals surface area contributed by atoms with Crippen LogP contribution in [0.15, 0.2) is 24.3 Å². The number of nitrogens with zero attached hydrogens (tertiary/aromatic N) is 1. The predicted octanol–water partition coefficient (Wildman–Crippen LogP) is 4.31. The molecule has 34 heavy (non-hydrogen) atoms. The van der Waals surface area contributed by atoms with Crippen molar-refractivity contribution in [2.75, 3.05) is 18.4 Å². The van der Waals surface area contributed by atoms with Gasteiger partial charge in [0.1, 0.15) is 5.82 Å². The zero-order valence-corrected chi connectivity index (χ0v) is 19.9. The quantitative estimate of drug-likeness (QED) is 0.297. The van der Waals surface area contributed by atoms with Crippen LogP contribution in [0.3, 0.4) is 0 Å². The van der Waals surface area contributed by atoms with Crippen molar-refractivity contribution in [2.24, 2.45) is 11.3 Å². The molecule has 1 saturated heterocycles. The van der Waals surface area contributed by atoms with E-state index in [-0.39, 0.29) is 41.1 Å². The highest BCUT2D eigenvalue weighted by atomic mass is 19.1. The number of hydrogen-bond acceptors (Lipinski definition) is 4. The first-order valence-electron chi connectivity index (χ1n) is 12.8. The van der Waals surface area contributed by atoms with E-state index in [0.29, 0.717) is 31.0 Å². The molecule has 1 aliphatic heterocycles. The fourth-order valence-electron chi connectivity index (χ4n) is 6.83. The Bertz CT molecular complexity index is 896. The third-order valence-electron chi connectivity index (χ3n) is 8.45. The number of carbonyl (C=O) groups excluding carboxylic acids is 3. The summed E-state index contributed by atoms with van der Waals surface area (Å²) in [5, 5.41) is 12.1. The van der Waals surface area contributed by atoms with Gasteiger partial charge in [-0.2, -0.15) is 0 Å². The molecule has 3 N–H and O–H groups in total. The summed E-state index contributed by atoms with van der Waals surface area (Å²) in [6.45, 7) is 0.555. The number of halogens is 1. The summed E-state index contributed by atoms with van der Waals surface area (Å²) in [5.74, 6) is -0.796. The van der Waals surface area contributed by atoms with Crippen LogP contribution < -0.4 is 10.8 Å². The average Bonchev–Trinajstić information content (AvgIpc) is 3.44. The van der Waals surface area contributed by atoms with Gasteiger partial charge in [0.25, 0.3) is 5.91 Å². The largest absolute Gasteiger partial charge is 0.321 e. The van der Waals surface area contributed by atoms with Gasteiger partial charge in [0.05, 0.1) is 18.0 Å². The molecular formula is C26H37FN3O4+. The summed E-state index contributed by atoms with van der Waals surface area (Å²) in [5.41, 5.74) is 1.38. The van der Waals surface area contributed by atoms with Gasteiger partial charge in [0.2, 0.25) is 5.91 Å². The molecule has 0 bridgehead atoms. The predicted molar refractivity (Wildman–Crippen MR) is 125 cm³/mol. The Balaban J connectivity index is 1.61. The molecule has 186 valence electrons. The molecule has 2 saturated carbocycles. The number of quaternary nitrogens is 1. The fourth-order valence-corrected chi connectivity index (χ4v) is 6.83. The van der Waals surface area contributed by atoms with E-state index in [1.165, 1.54) is 24.3 Å². The molecule has 3 fully saturated rings. The Hall–Kier alpha value is -2.32. The SMILES string of the molecule is O=C(CC1(CC2CCCC2)CC[N+](CC(=O)Nc2ccc(F)cc2)(C2CCCCC2)C1=O)NO. The summed E-state index contributed by atoms with van der Waals surface area (Å²) in [7, 11) is 0. The van der Waals surface area contributed by atoms with Crippen molar-refractivity contribution >= 4 is 23.4 Å². The van der Waals surface area contributed by atoms with Crippen LogP contribution in [0.4, 0.5) is 10.1 Å². The van der Waals surface area contributed by atoms with E-state index < -0.39 is 11.3 Å². The molecular weight excluding hydrogens is 437 g/mol. The van der Waals surface area contributed by atoms with Crippen LogP contribution in [0.2, 0.25) is 0 Å². The maximum Gasteiger partial charge on any atom is 0.321 e. The Morgan fingerprint density at radius 3 is 2.29 bits per heavy atom. The monoisotopic (exact) mass is 474 g/mol. The van der Waals surface area contributed by atoms with Crippen LogP contribution in [-0.4, -0.2) is 46.5 Å². The van der Waals surface area contributed by atoms with Gasteiger partial charge >= 0.3 is 5.91 Å². The maximum atomic E-state index is 14.4. The molecule has 2 aliphatic carbocycles. The van der Waals surface area contributed by atoms with Gasteiger partial charge in [-0.1, -0.05) is 32.1 Å². The second-order valence-corrected chi connectivity index (χ2v) is 10.7. The number of nitrogens with one attached hydrogen (secondary N) is 2. The lowest BCUT2D eigenvalue weighted by Crippen LogP contribution is -2.62. The van der Waals surface area contributed by atoms with Crippen LogP contribution in [-0.2, 0) is 14.4 Å². The van der Waals surface area contributed by atoms with Gasteiger partial charge in [-0.15, -0.1) is 0 Å². The number of benzene rings is 1. The van der Waals surface area contributed by atoms with Crippen molar-refractivity contribution in [3.05, 3.63) is 30.1 Å². The van der Waals surface area contributed by atoms with Crippen molar-refractivity contribution in [3.8, 4) is 0 Å². The zero-order valence-electron chi connectivity index (χ0n) is 19.9. The van der Waals surface area contributed by atoms with Gasteiger partial charge in [0, 0.05) is 18.5 Å². The molecule has 2 unspecified atom stereocenters. The van der Waals surface area contributed by atoms with Gasteiger partial charge in [0.15, 0.2) is 6.54 Å². The lowest BCUT2D eigenvalue weighted by Gasteiger charge is -2.42. The third kappa shape index (κ3) is 5.18. The highest BCUT2D eigenvalue weighted by Gasteiger charge is 2.62. The maximum absolute atomic E-state index is 14.4. The van der Waals surface area contributed by atoms with Gasteiger partial charge in [-0.25, -0.2) is 19.1 Å². The number of rotatable bonds is 8. The highest BCUT2D eigenvalue weighted by Crippen LogP contribution is 2.50. The summed E-state index contributed by atoms with van der Waals surface area (Å²) in [4.78, 5) is 39.9. The molecule has 3 amide bonds. The summed E-state index contributed by atoms with van der Waals surface area (Å²) >= 11 is 0. The molecule has 0 radical (unpaired) electrons. The van der Waals surface area contributed by atoms with Crippen molar-refractivity contribution in [3.63, 3.8) is 0 Å².